The van der Waals surface area contributed by atoms with Crippen LogP contribution < -0.4 is 20.1 Å². The Morgan fingerprint density at radius 1 is 0.917 bits per heavy atom. The van der Waals surface area contributed by atoms with E-state index in [4.69, 9.17) is 9.47 Å². The number of benzene rings is 3. The van der Waals surface area contributed by atoms with Crippen LogP contribution in [0.1, 0.15) is 50.3 Å². The quantitative estimate of drug-likeness (QED) is 0.495. The highest BCUT2D eigenvalue weighted by molar-refractivity contribution is 6.02. The van der Waals surface area contributed by atoms with Crippen LogP contribution in [0.3, 0.4) is 0 Å². The molecule has 1 aliphatic carbocycles. The summed E-state index contributed by atoms with van der Waals surface area (Å²) in [4.78, 5) is 25.2. The van der Waals surface area contributed by atoms with E-state index in [0.29, 0.717) is 12.2 Å². The van der Waals surface area contributed by atoms with E-state index < -0.39 is 5.41 Å². The van der Waals surface area contributed by atoms with E-state index in [1.54, 1.807) is 7.05 Å². The highest BCUT2D eigenvalue weighted by atomic mass is 16.7. The number of nitrogens with one attached hydrogen (secondary N) is 2. The molecule has 36 heavy (non-hydrogen) atoms. The minimum atomic E-state index is -0.536. The SMILES string of the molecule is CNC(=O)Cc1ccc(-c2cc(NC(=O)C3(c4ccc5c(c4)OCO5)CC3)ccc2C(C)(C)C)cc1. The lowest BCUT2D eigenvalue weighted by atomic mass is 9.81. The molecule has 2 aliphatic rings. The van der Waals surface area contributed by atoms with Crippen molar-refractivity contribution in [2.24, 2.45) is 0 Å². The lowest BCUT2D eigenvalue weighted by Crippen LogP contribution is -2.28. The normalized spacial score (nSPS) is 15.3. The summed E-state index contributed by atoms with van der Waals surface area (Å²) in [6.45, 7) is 6.77. The van der Waals surface area contributed by atoms with Gasteiger partial charge in [-0.2, -0.15) is 0 Å². The van der Waals surface area contributed by atoms with Gasteiger partial charge in [0.15, 0.2) is 11.5 Å². The average Bonchev–Trinajstić information content (AvgIpc) is 3.54. The van der Waals surface area contributed by atoms with Crippen LogP contribution in [0.4, 0.5) is 5.69 Å². The number of hydrogen-bond acceptors (Lipinski definition) is 4. The van der Waals surface area contributed by atoms with Gasteiger partial charge in [0.05, 0.1) is 11.8 Å². The number of hydrogen-bond donors (Lipinski definition) is 2. The molecule has 6 heteroatoms. The molecule has 1 saturated carbocycles. The molecule has 3 aromatic rings. The third-order valence-electron chi connectivity index (χ3n) is 7.10. The summed E-state index contributed by atoms with van der Waals surface area (Å²) in [6, 6.07) is 20.0. The maximum absolute atomic E-state index is 13.5. The Labute approximate surface area is 212 Å². The van der Waals surface area contributed by atoms with Crippen LogP contribution in [0.2, 0.25) is 0 Å². The molecule has 1 fully saturated rings. The van der Waals surface area contributed by atoms with Crippen molar-refractivity contribution in [3.05, 3.63) is 77.4 Å². The van der Waals surface area contributed by atoms with Gasteiger partial charge >= 0.3 is 0 Å². The number of ether oxygens (including phenoxy) is 2. The topological polar surface area (TPSA) is 76.7 Å². The molecule has 186 valence electrons. The lowest BCUT2D eigenvalue weighted by Gasteiger charge is -2.24. The molecular weight excluding hydrogens is 452 g/mol. The third-order valence-corrected chi connectivity index (χ3v) is 7.10. The van der Waals surface area contributed by atoms with Gasteiger partial charge in [-0.3, -0.25) is 9.59 Å². The second kappa shape index (κ2) is 9.01. The van der Waals surface area contributed by atoms with Gasteiger partial charge in [-0.15, -0.1) is 0 Å². The van der Waals surface area contributed by atoms with E-state index >= 15 is 0 Å². The van der Waals surface area contributed by atoms with Crippen molar-refractivity contribution in [2.75, 3.05) is 19.2 Å². The molecule has 5 rings (SSSR count). The Bertz CT molecular complexity index is 1320. The van der Waals surface area contributed by atoms with Gasteiger partial charge in [0, 0.05) is 12.7 Å². The van der Waals surface area contributed by atoms with Crippen molar-refractivity contribution in [3.8, 4) is 22.6 Å². The number of amides is 2. The molecule has 0 spiro atoms. The summed E-state index contributed by atoms with van der Waals surface area (Å²) in [5.41, 5.74) is 5.38. The predicted molar refractivity (Wildman–Crippen MR) is 140 cm³/mol. The van der Waals surface area contributed by atoms with Crippen molar-refractivity contribution < 1.29 is 19.1 Å². The van der Waals surface area contributed by atoms with Gasteiger partial charge in [0.2, 0.25) is 18.6 Å². The van der Waals surface area contributed by atoms with Crippen LogP contribution in [-0.2, 0) is 26.8 Å². The van der Waals surface area contributed by atoms with E-state index in [1.165, 1.54) is 5.56 Å². The van der Waals surface area contributed by atoms with Crippen LogP contribution in [-0.4, -0.2) is 25.7 Å². The van der Waals surface area contributed by atoms with Crippen LogP contribution in [0.15, 0.2) is 60.7 Å². The van der Waals surface area contributed by atoms with Crippen LogP contribution in [0.25, 0.3) is 11.1 Å². The highest BCUT2D eigenvalue weighted by Crippen LogP contribution is 2.51. The van der Waals surface area contributed by atoms with Crippen molar-refractivity contribution in [3.63, 3.8) is 0 Å². The highest BCUT2D eigenvalue weighted by Gasteiger charge is 2.51. The molecule has 6 nitrogen and oxygen atoms in total. The van der Waals surface area contributed by atoms with Crippen molar-refractivity contribution in [1.29, 1.82) is 0 Å². The lowest BCUT2D eigenvalue weighted by molar-refractivity contribution is -0.120. The van der Waals surface area contributed by atoms with Crippen molar-refractivity contribution >= 4 is 17.5 Å². The molecule has 2 amide bonds. The third kappa shape index (κ3) is 4.55. The second-order valence-electron chi connectivity index (χ2n) is 10.7. The van der Waals surface area contributed by atoms with Crippen LogP contribution >= 0.6 is 0 Å². The molecule has 0 bridgehead atoms. The summed E-state index contributed by atoms with van der Waals surface area (Å²) in [7, 11) is 1.64. The van der Waals surface area contributed by atoms with Crippen LogP contribution in [0.5, 0.6) is 11.5 Å². The van der Waals surface area contributed by atoms with Gasteiger partial charge in [-0.25, -0.2) is 0 Å². The number of rotatable bonds is 6. The fourth-order valence-electron chi connectivity index (χ4n) is 4.81. The smallest absolute Gasteiger partial charge is 0.235 e. The fraction of sp³-hybridized carbons (Fsp3) is 0.333. The van der Waals surface area contributed by atoms with E-state index in [9.17, 15) is 9.59 Å². The Morgan fingerprint density at radius 3 is 2.31 bits per heavy atom. The molecule has 0 radical (unpaired) electrons. The molecule has 1 aliphatic heterocycles. The molecule has 0 atom stereocenters. The minimum Gasteiger partial charge on any atom is -0.454 e. The van der Waals surface area contributed by atoms with E-state index in [1.807, 2.05) is 48.5 Å². The van der Waals surface area contributed by atoms with E-state index in [-0.39, 0.29) is 24.0 Å². The monoisotopic (exact) mass is 484 g/mol. The largest absolute Gasteiger partial charge is 0.454 e. The summed E-state index contributed by atoms with van der Waals surface area (Å²) < 4.78 is 11.0. The van der Waals surface area contributed by atoms with Crippen LogP contribution in [0, 0.1) is 0 Å². The zero-order chi connectivity index (χ0) is 25.5. The van der Waals surface area contributed by atoms with E-state index in [2.05, 4.69) is 43.5 Å². The van der Waals surface area contributed by atoms with Gasteiger partial charge in [0.1, 0.15) is 0 Å². The number of anilines is 1. The van der Waals surface area contributed by atoms with Gasteiger partial charge in [-0.1, -0.05) is 57.2 Å². The number of carbonyl (C=O) groups excluding carboxylic acids is 2. The second-order valence-corrected chi connectivity index (χ2v) is 10.7. The Morgan fingerprint density at radius 2 is 1.64 bits per heavy atom. The Balaban J connectivity index is 1.42. The molecule has 0 saturated heterocycles. The Kier molecular flexibility index (Phi) is 5.99. The van der Waals surface area contributed by atoms with E-state index in [0.717, 1.165) is 46.5 Å². The molecular formula is C30H32N2O4. The Hall–Kier alpha value is -3.80. The summed E-state index contributed by atoms with van der Waals surface area (Å²) in [6.07, 6.45) is 1.96. The fourth-order valence-corrected chi connectivity index (χ4v) is 4.81. The molecule has 0 unspecified atom stereocenters. The van der Waals surface area contributed by atoms with Gasteiger partial charge in [-0.05, 0) is 70.3 Å². The van der Waals surface area contributed by atoms with Crippen molar-refractivity contribution in [2.45, 2.75) is 50.9 Å². The molecule has 1 heterocycles. The molecule has 2 N–H and O–H groups in total. The first-order chi connectivity index (χ1) is 17.2. The predicted octanol–water partition coefficient (Wildman–Crippen LogP) is 5.34. The average molecular weight is 485 g/mol. The first-order valence-electron chi connectivity index (χ1n) is 12.4. The molecule has 3 aromatic carbocycles. The summed E-state index contributed by atoms with van der Waals surface area (Å²) in [5.74, 6) is 1.40. The number of carbonyl (C=O) groups is 2. The first kappa shape index (κ1) is 23.9. The summed E-state index contributed by atoms with van der Waals surface area (Å²) in [5, 5.41) is 5.84. The summed E-state index contributed by atoms with van der Waals surface area (Å²) >= 11 is 0. The zero-order valence-corrected chi connectivity index (χ0v) is 21.2. The number of likely N-dealkylation sites (N-methyl/N-ethyl adjacent to an activating group) is 1. The minimum absolute atomic E-state index is 0.00301. The zero-order valence-electron chi connectivity index (χ0n) is 21.2. The maximum Gasteiger partial charge on any atom is 0.235 e. The molecule has 0 aromatic heterocycles. The maximum atomic E-state index is 13.5. The first-order valence-corrected chi connectivity index (χ1v) is 12.4. The van der Waals surface area contributed by atoms with Crippen molar-refractivity contribution in [1.82, 2.24) is 5.32 Å². The van der Waals surface area contributed by atoms with Gasteiger partial charge < -0.3 is 20.1 Å². The standard InChI is InChI=1S/C30H32N2O4/c1-29(2,3)24-11-10-22(17-23(24)20-7-5-19(6-8-20)15-27(33)31-4)32-28(34)30(13-14-30)21-9-12-25-26(16-21)36-18-35-25/h5-12,16-17H,13-15,18H2,1-4H3,(H,31,33)(H,32,34). The van der Waals surface area contributed by atoms with Gasteiger partial charge in [0.25, 0.3) is 0 Å². The number of fused-ring (bicyclic) bond motifs is 1.